The average molecular weight is 271 g/mol. The van der Waals surface area contributed by atoms with E-state index in [1.807, 2.05) is 0 Å². The molecule has 110 valence electrons. The average Bonchev–Trinajstić information content (AvgIpc) is 2.38. The zero-order valence-electron chi connectivity index (χ0n) is 12.3. The second-order valence-corrected chi connectivity index (χ2v) is 5.27. The highest BCUT2D eigenvalue weighted by molar-refractivity contribution is 5.82. The molecule has 6 heteroatoms. The number of likely N-dealkylation sites (N-methyl/N-ethyl adjacent to an activating group) is 1. The number of carboxylic acids is 1. The Morgan fingerprint density at radius 1 is 1.21 bits per heavy atom. The Bertz CT molecular complexity index is 325. The maximum atomic E-state index is 12.2. The maximum absolute atomic E-state index is 12.2. The summed E-state index contributed by atoms with van der Waals surface area (Å²) in [5.74, 6) is -0.945. The Morgan fingerprint density at radius 3 is 2.11 bits per heavy atom. The Morgan fingerprint density at radius 2 is 1.74 bits per heavy atom. The first kappa shape index (κ1) is 15.8. The van der Waals surface area contributed by atoms with Gasteiger partial charge in [-0.25, -0.2) is 9.59 Å². The molecule has 1 aliphatic heterocycles. The molecule has 6 nitrogen and oxygen atoms in total. The molecule has 0 aliphatic carbocycles. The summed E-state index contributed by atoms with van der Waals surface area (Å²) in [7, 11) is 1.57. The van der Waals surface area contributed by atoms with Crippen molar-refractivity contribution in [3.8, 4) is 0 Å². The number of hydrogen-bond acceptors (Lipinski definition) is 3. The van der Waals surface area contributed by atoms with Gasteiger partial charge in [0.05, 0.1) is 0 Å². The van der Waals surface area contributed by atoms with E-state index in [1.54, 1.807) is 18.9 Å². The van der Waals surface area contributed by atoms with Crippen molar-refractivity contribution in [3.05, 3.63) is 0 Å². The normalized spacial score (nSPS) is 18.5. The van der Waals surface area contributed by atoms with E-state index < -0.39 is 12.0 Å². The summed E-state index contributed by atoms with van der Waals surface area (Å²) in [5, 5.41) is 9.09. The van der Waals surface area contributed by atoms with Crippen molar-refractivity contribution in [2.75, 3.05) is 33.2 Å². The van der Waals surface area contributed by atoms with Crippen LogP contribution in [0, 0.1) is 0 Å². The van der Waals surface area contributed by atoms with Crippen molar-refractivity contribution < 1.29 is 14.7 Å². The molecule has 0 radical (unpaired) electrons. The van der Waals surface area contributed by atoms with Gasteiger partial charge in [-0.05, 0) is 20.3 Å². The summed E-state index contributed by atoms with van der Waals surface area (Å²) in [4.78, 5) is 28.7. The van der Waals surface area contributed by atoms with Crippen LogP contribution < -0.4 is 0 Å². The summed E-state index contributed by atoms with van der Waals surface area (Å²) in [6.45, 7) is 9.08. The van der Waals surface area contributed by atoms with Crippen LogP contribution in [0.2, 0.25) is 0 Å². The number of amides is 2. The lowest BCUT2D eigenvalue weighted by Gasteiger charge is -2.39. The molecule has 0 aromatic carbocycles. The molecule has 0 saturated carbocycles. The van der Waals surface area contributed by atoms with Crippen LogP contribution in [-0.4, -0.2) is 77.1 Å². The van der Waals surface area contributed by atoms with Gasteiger partial charge in [0.25, 0.3) is 0 Å². The maximum Gasteiger partial charge on any atom is 0.326 e. The molecule has 2 amide bonds. The molecule has 0 bridgehead atoms. The minimum Gasteiger partial charge on any atom is -0.480 e. The largest absolute Gasteiger partial charge is 0.480 e. The van der Waals surface area contributed by atoms with E-state index in [-0.39, 0.29) is 6.03 Å². The zero-order valence-corrected chi connectivity index (χ0v) is 12.3. The molecule has 0 spiro atoms. The van der Waals surface area contributed by atoms with Crippen molar-refractivity contribution in [3.63, 3.8) is 0 Å². The number of carboxylic acid groups (broad SMARTS) is 1. The predicted molar refractivity (Wildman–Crippen MR) is 73.2 cm³/mol. The zero-order chi connectivity index (χ0) is 14.6. The smallest absolute Gasteiger partial charge is 0.326 e. The number of urea groups is 1. The van der Waals surface area contributed by atoms with Gasteiger partial charge < -0.3 is 14.9 Å². The highest BCUT2D eigenvalue weighted by Crippen LogP contribution is 2.11. The first-order valence-corrected chi connectivity index (χ1v) is 6.87. The van der Waals surface area contributed by atoms with E-state index >= 15 is 0 Å². The van der Waals surface area contributed by atoms with Crippen molar-refractivity contribution >= 4 is 12.0 Å². The highest BCUT2D eigenvalue weighted by atomic mass is 16.4. The minimum atomic E-state index is -0.945. The van der Waals surface area contributed by atoms with E-state index in [0.29, 0.717) is 25.6 Å². The van der Waals surface area contributed by atoms with E-state index in [9.17, 15) is 9.59 Å². The summed E-state index contributed by atoms with van der Waals surface area (Å²) in [6.07, 6.45) is 0.420. The monoisotopic (exact) mass is 271 g/mol. The standard InChI is InChI=1S/C13H25N3O3/c1-5-11(12(17)18)14(4)13(19)16-8-6-15(7-9-16)10(2)3/h10-11H,5-9H2,1-4H3,(H,17,18). The molecule has 19 heavy (non-hydrogen) atoms. The lowest BCUT2D eigenvalue weighted by atomic mass is 10.2. The van der Waals surface area contributed by atoms with Crippen LogP contribution in [0.3, 0.4) is 0 Å². The van der Waals surface area contributed by atoms with Gasteiger partial charge in [-0.15, -0.1) is 0 Å². The Kier molecular flexibility index (Phi) is 5.60. The molecule has 1 saturated heterocycles. The van der Waals surface area contributed by atoms with Gasteiger partial charge >= 0.3 is 12.0 Å². The second kappa shape index (κ2) is 6.75. The molecule has 1 unspecified atom stereocenters. The Hall–Kier alpha value is -1.30. The van der Waals surface area contributed by atoms with Gasteiger partial charge in [0, 0.05) is 39.3 Å². The lowest BCUT2D eigenvalue weighted by Crippen LogP contribution is -2.55. The lowest BCUT2D eigenvalue weighted by molar-refractivity contribution is -0.142. The van der Waals surface area contributed by atoms with E-state index in [0.717, 1.165) is 13.1 Å². The molecular formula is C13H25N3O3. The topological polar surface area (TPSA) is 64.1 Å². The van der Waals surface area contributed by atoms with E-state index in [2.05, 4.69) is 18.7 Å². The summed E-state index contributed by atoms with van der Waals surface area (Å²) in [5.41, 5.74) is 0. The minimum absolute atomic E-state index is 0.183. The molecule has 0 aromatic heterocycles. The number of nitrogens with zero attached hydrogens (tertiary/aromatic N) is 3. The number of rotatable bonds is 4. The quantitative estimate of drug-likeness (QED) is 0.826. The van der Waals surface area contributed by atoms with Crippen molar-refractivity contribution in [1.82, 2.24) is 14.7 Å². The van der Waals surface area contributed by atoms with Gasteiger partial charge in [0.1, 0.15) is 6.04 Å². The first-order valence-electron chi connectivity index (χ1n) is 6.87. The number of aliphatic carboxylic acids is 1. The van der Waals surface area contributed by atoms with Crippen molar-refractivity contribution in [2.24, 2.45) is 0 Å². The molecule has 1 N–H and O–H groups in total. The van der Waals surface area contributed by atoms with Crippen molar-refractivity contribution in [1.29, 1.82) is 0 Å². The predicted octanol–water partition coefficient (Wildman–Crippen LogP) is 0.927. The summed E-state index contributed by atoms with van der Waals surface area (Å²) >= 11 is 0. The fraction of sp³-hybridized carbons (Fsp3) is 0.846. The first-order chi connectivity index (χ1) is 8.88. The number of hydrogen-bond donors (Lipinski definition) is 1. The van der Waals surface area contributed by atoms with Gasteiger partial charge in [-0.3, -0.25) is 4.90 Å². The molecule has 1 atom stereocenters. The van der Waals surface area contributed by atoms with Crippen LogP contribution in [0.4, 0.5) is 4.79 Å². The Balaban J connectivity index is 2.57. The van der Waals surface area contributed by atoms with Crippen LogP contribution in [0.15, 0.2) is 0 Å². The third-order valence-corrected chi connectivity index (χ3v) is 3.76. The van der Waals surface area contributed by atoms with Crippen LogP contribution in [0.1, 0.15) is 27.2 Å². The highest BCUT2D eigenvalue weighted by Gasteiger charge is 2.30. The van der Waals surface area contributed by atoms with Gasteiger partial charge in [0.2, 0.25) is 0 Å². The van der Waals surface area contributed by atoms with Crippen LogP contribution in [0.5, 0.6) is 0 Å². The molecule has 1 rings (SSSR count). The molecule has 0 aromatic rings. The van der Waals surface area contributed by atoms with Crippen LogP contribution in [-0.2, 0) is 4.79 Å². The second-order valence-electron chi connectivity index (χ2n) is 5.27. The third kappa shape index (κ3) is 3.83. The Labute approximate surface area is 115 Å². The molecule has 1 aliphatic rings. The molecule has 1 heterocycles. The molecule has 1 fully saturated rings. The van der Waals surface area contributed by atoms with Gasteiger partial charge in [-0.1, -0.05) is 6.92 Å². The summed E-state index contributed by atoms with van der Waals surface area (Å²) in [6, 6.07) is -0.439. The number of carbonyl (C=O) groups excluding carboxylic acids is 1. The summed E-state index contributed by atoms with van der Waals surface area (Å²) < 4.78 is 0. The van der Waals surface area contributed by atoms with Crippen molar-refractivity contribution in [2.45, 2.75) is 39.3 Å². The SMILES string of the molecule is CCC(C(=O)O)N(C)C(=O)N1CCN(C(C)C)CC1. The van der Waals surface area contributed by atoms with Gasteiger partial charge in [-0.2, -0.15) is 0 Å². The number of carbonyl (C=O) groups is 2. The molecular weight excluding hydrogens is 246 g/mol. The van der Waals surface area contributed by atoms with E-state index in [4.69, 9.17) is 5.11 Å². The fourth-order valence-corrected chi connectivity index (χ4v) is 2.40. The van der Waals surface area contributed by atoms with Gasteiger partial charge in [0.15, 0.2) is 0 Å². The van der Waals surface area contributed by atoms with E-state index in [1.165, 1.54) is 4.90 Å². The third-order valence-electron chi connectivity index (χ3n) is 3.76. The number of piperazine rings is 1. The van der Waals surface area contributed by atoms with Crippen LogP contribution >= 0.6 is 0 Å². The fourth-order valence-electron chi connectivity index (χ4n) is 2.40. The van der Waals surface area contributed by atoms with Crippen LogP contribution in [0.25, 0.3) is 0 Å².